The topological polar surface area (TPSA) is 157 Å². The molecule has 0 spiro atoms. The lowest BCUT2D eigenvalue weighted by atomic mass is 9.56. The fourth-order valence-electron chi connectivity index (χ4n) is 6.95. The highest BCUT2D eigenvalue weighted by atomic mass is 16.5. The summed E-state index contributed by atoms with van der Waals surface area (Å²) in [5.41, 5.74) is 1.95. The van der Waals surface area contributed by atoms with Gasteiger partial charge in [-0.15, -0.1) is 0 Å². The Morgan fingerprint density at radius 3 is 2.21 bits per heavy atom. The average molecular weight is 536 g/mol. The fourth-order valence-corrected chi connectivity index (χ4v) is 6.95. The van der Waals surface area contributed by atoms with Crippen LogP contribution in [0.15, 0.2) is 41.7 Å². The van der Waals surface area contributed by atoms with Gasteiger partial charge >= 0.3 is 12.2 Å². The van der Waals surface area contributed by atoms with Crippen LogP contribution in [0.4, 0.5) is 9.59 Å². The summed E-state index contributed by atoms with van der Waals surface area (Å²) >= 11 is 0. The molecule has 1 aromatic carbocycles. The molecule has 3 fully saturated rings. The van der Waals surface area contributed by atoms with Crippen molar-refractivity contribution in [3.8, 4) is 11.5 Å². The number of hydrogen-bond donors (Lipinski definition) is 1. The van der Waals surface area contributed by atoms with Crippen LogP contribution in [0.2, 0.25) is 0 Å². The molecule has 3 heterocycles. The lowest BCUT2D eigenvalue weighted by Crippen LogP contribution is -2.45. The first-order valence-corrected chi connectivity index (χ1v) is 12.5. The molecular weight excluding hydrogens is 512 g/mol. The first-order valence-electron chi connectivity index (χ1n) is 12.5. The van der Waals surface area contributed by atoms with E-state index in [1.54, 1.807) is 18.2 Å². The molecule has 0 radical (unpaired) electrons. The standard InChI is InChI=1S/C27H24N2O10/c1-37-26(35)28-22(31)15-5-4-14-16(20(15)24(28)33)9-17-21(25(34)29(23(17)32)27(36)38-2)19(14)12-7-11-8-13(30)3-6-18(11)39-10-12/h3-4,6,8,10,15-17,19-21,30H,5,7,9H2,1-2H3/t15-,16+,17+,19-,20-,21+/m0/s1. The summed E-state index contributed by atoms with van der Waals surface area (Å²) in [5, 5.41) is 10.0. The second kappa shape index (κ2) is 8.79. The van der Waals surface area contributed by atoms with Crippen molar-refractivity contribution in [3.63, 3.8) is 0 Å². The summed E-state index contributed by atoms with van der Waals surface area (Å²) in [6.45, 7) is 0. The molecule has 0 unspecified atom stereocenters. The quantitative estimate of drug-likeness (QED) is 0.415. The molecule has 1 N–H and O–H groups in total. The van der Waals surface area contributed by atoms with E-state index in [2.05, 4.69) is 4.74 Å². The van der Waals surface area contributed by atoms with Crippen molar-refractivity contribution in [2.45, 2.75) is 19.3 Å². The Morgan fingerprint density at radius 1 is 0.897 bits per heavy atom. The molecule has 12 heteroatoms. The number of fused-ring (bicyclic) bond motifs is 5. The van der Waals surface area contributed by atoms with E-state index in [1.165, 1.54) is 12.3 Å². The van der Waals surface area contributed by atoms with Crippen molar-refractivity contribution in [1.29, 1.82) is 0 Å². The van der Waals surface area contributed by atoms with Crippen LogP contribution in [-0.2, 0) is 35.1 Å². The Bertz CT molecular complexity index is 1430. The van der Waals surface area contributed by atoms with Gasteiger partial charge in [0.1, 0.15) is 11.5 Å². The summed E-state index contributed by atoms with van der Waals surface area (Å²) in [7, 11) is 2.14. The maximum atomic E-state index is 13.6. The first kappa shape index (κ1) is 24.8. The van der Waals surface area contributed by atoms with Gasteiger partial charge in [-0.25, -0.2) is 9.59 Å². The number of likely N-dealkylation sites (tertiary alicyclic amines) is 2. The molecule has 202 valence electrons. The molecule has 2 saturated heterocycles. The van der Waals surface area contributed by atoms with Crippen LogP contribution in [0.3, 0.4) is 0 Å². The molecule has 6 amide bonds. The first-order chi connectivity index (χ1) is 18.7. The SMILES string of the molecule is COC(=O)N1C(=O)[C@H]2[C@H](CC=C3[C@H](C4=COc5ccc(O)cc5C4)[C@@H]4C(=O)N(C(=O)OC)C(=O)[C@@H]4C[C@H]32)C1=O. The van der Waals surface area contributed by atoms with Crippen LogP contribution in [0, 0.1) is 35.5 Å². The Kier molecular flexibility index (Phi) is 5.59. The van der Waals surface area contributed by atoms with Gasteiger partial charge < -0.3 is 19.3 Å². The normalized spacial score (nSPS) is 30.9. The highest BCUT2D eigenvalue weighted by Gasteiger charge is 2.64. The van der Waals surface area contributed by atoms with Crippen molar-refractivity contribution in [2.75, 3.05) is 14.2 Å². The van der Waals surface area contributed by atoms with Gasteiger partial charge in [-0.1, -0.05) is 11.6 Å². The summed E-state index contributed by atoms with van der Waals surface area (Å²) in [6, 6.07) is 4.64. The van der Waals surface area contributed by atoms with E-state index >= 15 is 0 Å². The number of phenolic OH excluding ortho intramolecular Hbond substituents is 1. The molecule has 1 saturated carbocycles. The Balaban J connectivity index is 1.45. The molecule has 39 heavy (non-hydrogen) atoms. The molecule has 6 rings (SSSR count). The van der Waals surface area contributed by atoms with Crippen LogP contribution in [0.25, 0.3) is 0 Å². The third-order valence-corrected chi connectivity index (χ3v) is 8.54. The lowest BCUT2D eigenvalue weighted by Gasteiger charge is -2.44. The number of hydrogen-bond acceptors (Lipinski definition) is 10. The van der Waals surface area contributed by atoms with Crippen molar-refractivity contribution in [3.05, 3.63) is 47.2 Å². The number of carbonyl (C=O) groups excluding carboxylic acids is 6. The van der Waals surface area contributed by atoms with Crippen molar-refractivity contribution in [1.82, 2.24) is 9.80 Å². The maximum absolute atomic E-state index is 13.6. The number of benzene rings is 1. The Morgan fingerprint density at radius 2 is 1.54 bits per heavy atom. The lowest BCUT2D eigenvalue weighted by molar-refractivity contribution is -0.139. The number of allylic oxidation sites excluding steroid dienone is 3. The number of phenols is 1. The van der Waals surface area contributed by atoms with Crippen molar-refractivity contribution < 1.29 is 48.1 Å². The number of imide groups is 6. The largest absolute Gasteiger partial charge is 0.508 e. The monoisotopic (exact) mass is 536 g/mol. The second-order valence-corrected chi connectivity index (χ2v) is 10.3. The average Bonchev–Trinajstić information content (AvgIpc) is 3.34. The number of aromatic hydroxyl groups is 1. The molecule has 3 aliphatic heterocycles. The van der Waals surface area contributed by atoms with Gasteiger partial charge in [0.15, 0.2) is 0 Å². The zero-order valence-electron chi connectivity index (χ0n) is 21.0. The predicted molar refractivity (Wildman–Crippen MR) is 127 cm³/mol. The Hall–Kier alpha value is -4.48. The summed E-state index contributed by atoms with van der Waals surface area (Å²) < 4.78 is 15.2. The van der Waals surface area contributed by atoms with Gasteiger partial charge in [-0.2, -0.15) is 9.80 Å². The van der Waals surface area contributed by atoms with Crippen LogP contribution in [-0.4, -0.2) is 64.9 Å². The van der Waals surface area contributed by atoms with E-state index in [4.69, 9.17) is 9.47 Å². The third-order valence-electron chi connectivity index (χ3n) is 8.54. The summed E-state index contributed by atoms with van der Waals surface area (Å²) in [5.74, 6) is -7.34. The minimum absolute atomic E-state index is 0.0275. The van der Waals surface area contributed by atoms with Crippen molar-refractivity contribution >= 4 is 35.8 Å². The second-order valence-electron chi connectivity index (χ2n) is 10.3. The van der Waals surface area contributed by atoms with Gasteiger partial charge in [-0.05, 0) is 42.5 Å². The van der Waals surface area contributed by atoms with Gasteiger partial charge in [0.25, 0.3) is 0 Å². The minimum atomic E-state index is -1.10. The molecule has 2 aliphatic carbocycles. The highest BCUT2D eigenvalue weighted by Crippen LogP contribution is 2.57. The van der Waals surface area contributed by atoms with Gasteiger partial charge in [0.05, 0.1) is 44.2 Å². The number of rotatable bonds is 1. The van der Waals surface area contributed by atoms with Crippen LogP contribution in [0.5, 0.6) is 11.5 Å². The minimum Gasteiger partial charge on any atom is -0.508 e. The van der Waals surface area contributed by atoms with Gasteiger partial charge in [0.2, 0.25) is 23.6 Å². The van der Waals surface area contributed by atoms with E-state index in [1.807, 2.05) is 0 Å². The number of ether oxygens (including phenoxy) is 3. The third kappa shape index (κ3) is 3.43. The zero-order valence-corrected chi connectivity index (χ0v) is 21.0. The van der Waals surface area contributed by atoms with E-state index in [0.29, 0.717) is 32.3 Å². The van der Waals surface area contributed by atoms with Crippen LogP contribution in [0.1, 0.15) is 18.4 Å². The summed E-state index contributed by atoms with van der Waals surface area (Å²) in [4.78, 5) is 79.2. The van der Waals surface area contributed by atoms with E-state index in [0.717, 1.165) is 14.2 Å². The molecule has 12 nitrogen and oxygen atoms in total. The van der Waals surface area contributed by atoms with Gasteiger partial charge in [0, 0.05) is 17.9 Å². The predicted octanol–water partition coefficient (Wildman–Crippen LogP) is 1.91. The molecule has 1 aromatic rings. The number of methoxy groups -OCH3 is 2. The number of carbonyl (C=O) groups is 6. The van der Waals surface area contributed by atoms with E-state index in [-0.39, 0.29) is 25.0 Å². The highest BCUT2D eigenvalue weighted by molar-refractivity contribution is 6.17. The smallest absolute Gasteiger partial charge is 0.423 e. The van der Waals surface area contributed by atoms with E-state index in [9.17, 15) is 33.9 Å². The zero-order chi connectivity index (χ0) is 27.7. The summed E-state index contributed by atoms with van der Waals surface area (Å²) in [6.07, 6.45) is 1.59. The fraction of sp³-hybridized carbons (Fsp3) is 0.407. The van der Waals surface area contributed by atoms with Crippen LogP contribution >= 0.6 is 0 Å². The molecule has 0 bridgehead atoms. The molecule has 0 aromatic heterocycles. The van der Waals surface area contributed by atoms with Gasteiger partial charge in [-0.3, -0.25) is 19.2 Å². The number of nitrogens with zero attached hydrogens (tertiary/aromatic N) is 2. The Labute approximate surface area is 221 Å². The van der Waals surface area contributed by atoms with Crippen molar-refractivity contribution in [2.24, 2.45) is 35.5 Å². The molecular formula is C27H24N2O10. The van der Waals surface area contributed by atoms with E-state index < -0.39 is 71.3 Å². The maximum Gasteiger partial charge on any atom is 0.423 e. The molecule has 5 aliphatic rings. The van der Waals surface area contributed by atoms with Crippen LogP contribution < -0.4 is 4.74 Å². The number of amides is 6. The molecule has 6 atom stereocenters.